The third-order valence-corrected chi connectivity index (χ3v) is 4.91. The number of carbonyl (C=O) groups excluding carboxylic acids is 1. The Bertz CT molecular complexity index is 1010. The van der Waals surface area contributed by atoms with Gasteiger partial charge in [0.2, 0.25) is 0 Å². The van der Waals surface area contributed by atoms with Crippen LogP contribution in [0.15, 0.2) is 28.8 Å². The normalized spacial score (nSPS) is 14.1. The van der Waals surface area contributed by atoms with Gasteiger partial charge in [-0.25, -0.2) is 4.98 Å². The van der Waals surface area contributed by atoms with Gasteiger partial charge in [-0.2, -0.15) is 0 Å². The van der Waals surface area contributed by atoms with Gasteiger partial charge in [-0.3, -0.25) is 4.79 Å². The number of aromatic nitrogens is 2. The number of rotatable bonds is 2. The Morgan fingerprint density at radius 3 is 2.92 bits per heavy atom. The van der Waals surface area contributed by atoms with Gasteiger partial charge in [0.15, 0.2) is 0 Å². The van der Waals surface area contributed by atoms with Gasteiger partial charge in [0.05, 0.1) is 16.6 Å². The Hall–Kier alpha value is -2.89. The van der Waals surface area contributed by atoms with Gasteiger partial charge in [-0.15, -0.1) is 0 Å². The quantitative estimate of drug-likeness (QED) is 0.710. The van der Waals surface area contributed by atoms with Crippen LogP contribution in [0, 0.1) is 6.92 Å². The van der Waals surface area contributed by atoms with E-state index in [2.05, 4.69) is 10.1 Å². The number of pyridine rings is 1. The molecular formula is C20H22N4O2. The molecule has 0 spiro atoms. The Morgan fingerprint density at radius 2 is 2.15 bits per heavy atom. The largest absolute Gasteiger partial charge is 0.398 e. The molecule has 6 nitrogen and oxygen atoms in total. The molecule has 2 aromatic heterocycles. The molecule has 1 aliphatic rings. The number of carbonyl (C=O) groups is 1. The smallest absolute Gasteiger partial charge is 0.259 e. The standard InChI is InChI=1S/C20H22N4O2/c1-11(2)18-17-14(10-12(3)22-19(17)26-23-18)20(25)24-9-5-6-13-15(21)7-4-8-16(13)24/h4,7-8,10-11H,5-6,9,21H2,1-3H3. The van der Waals surface area contributed by atoms with E-state index in [1.54, 1.807) is 0 Å². The van der Waals surface area contributed by atoms with Crippen molar-refractivity contribution in [3.63, 3.8) is 0 Å². The van der Waals surface area contributed by atoms with E-state index < -0.39 is 0 Å². The SMILES string of the molecule is Cc1cc(C(=O)N2CCCc3c(N)cccc32)c2c(C(C)C)noc2n1. The van der Waals surface area contributed by atoms with E-state index in [-0.39, 0.29) is 11.8 Å². The van der Waals surface area contributed by atoms with Gasteiger partial charge < -0.3 is 15.2 Å². The molecule has 3 aromatic rings. The van der Waals surface area contributed by atoms with Crippen molar-refractivity contribution in [1.29, 1.82) is 0 Å². The third kappa shape index (κ3) is 2.53. The highest BCUT2D eigenvalue weighted by Gasteiger charge is 2.28. The number of aryl methyl sites for hydroxylation is 1. The Morgan fingerprint density at radius 1 is 1.35 bits per heavy atom. The Labute approximate surface area is 152 Å². The zero-order valence-corrected chi connectivity index (χ0v) is 15.2. The number of nitrogens with zero attached hydrogens (tertiary/aromatic N) is 3. The minimum absolute atomic E-state index is 0.0582. The fraction of sp³-hybridized carbons (Fsp3) is 0.350. The van der Waals surface area contributed by atoms with Crippen molar-refractivity contribution < 1.29 is 9.32 Å². The molecule has 0 radical (unpaired) electrons. The molecule has 0 saturated heterocycles. The lowest BCUT2D eigenvalue weighted by molar-refractivity contribution is 0.0986. The van der Waals surface area contributed by atoms with Crippen LogP contribution in [0.4, 0.5) is 11.4 Å². The molecule has 26 heavy (non-hydrogen) atoms. The van der Waals surface area contributed by atoms with Crippen LogP contribution in [0.1, 0.15) is 53.5 Å². The van der Waals surface area contributed by atoms with Gasteiger partial charge in [0, 0.05) is 23.6 Å². The van der Waals surface area contributed by atoms with Crippen LogP contribution in [0.3, 0.4) is 0 Å². The summed E-state index contributed by atoms with van der Waals surface area (Å²) in [4.78, 5) is 19.7. The molecule has 0 bridgehead atoms. The number of fused-ring (bicyclic) bond motifs is 2. The number of nitrogens with two attached hydrogens (primary N) is 1. The zero-order chi connectivity index (χ0) is 18.4. The number of benzene rings is 1. The number of hydrogen-bond donors (Lipinski definition) is 1. The highest BCUT2D eigenvalue weighted by molar-refractivity contribution is 6.14. The van der Waals surface area contributed by atoms with Crippen molar-refractivity contribution in [3.05, 3.63) is 46.8 Å². The molecule has 1 aliphatic heterocycles. The van der Waals surface area contributed by atoms with Crippen molar-refractivity contribution >= 4 is 28.4 Å². The Balaban J connectivity index is 1.88. The molecular weight excluding hydrogens is 328 g/mol. The fourth-order valence-electron chi connectivity index (χ4n) is 3.67. The summed E-state index contributed by atoms with van der Waals surface area (Å²) in [6.07, 6.45) is 1.78. The van der Waals surface area contributed by atoms with Crippen molar-refractivity contribution in [2.45, 2.75) is 39.5 Å². The number of amides is 1. The predicted molar refractivity (Wildman–Crippen MR) is 101 cm³/mol. The second-order valence-electron chi connectivity index (χ2n) is 7.12. The summed E-state index contributed by atoms with van der Waals surface area (Å²) in [5.74, 6) is 0.0775. The highest BCUT2D eigenvalue weighted by atomic mass is 16.5. The molecule has 4 rings (SSSR count). The fourth-order valence-corrected chi connectivity index (χ4v) is 3.67. The van der Waals surface area contributed by atoms with E-state index in [9.17, 15) is 4.79 Å². The molecule has 0 fully saturated rings. The molecule has 134 valence electrons. The molecule has 6 heteroatoms. The van der Waals surface area contributed by atoms with E-state index in [0.717, 1.165) is 41.2 Å². The van der Waals surface area contributed by atoms with Crippen molar-refractivity contribution in [3.8, 4) is 0 Å². The first-order valence-electron chi connectivity index (χ1n) is 8.93. The molecule has 0 atom stereocenters. The van der Waals surface area contributed by atoms with Crippen LogP contribution in [-0.2, 0) is 6.42 Å². The molecule has 2 N–H and O–H groups in total. The molecule has 0 unspecified atom stereocenters. The molecule has 0 saturated carbocycles. The van der Waals surface area contributed by atoms with Crippen LogP contribution in [0.5, 0.6) is 0 Å². The van der Waals surface area contributed by atoms with Crippen LogP contribution in [0.25, 0.3) is 11.1 Å². The summed E-state index contributed by atoms with van der Waals surface area (Å²) in [5, 5.41) is 4.87. The van der Waals surface area contributed by atoms with Gasteiger partial charge >= 0.3 is 0 Å². The molecule has 0 aliphatic carbocycles. The number of hydrogen-bond acceptors (Lipinski definition) is 5. The first-order valence-corrected chi connectivity index (χ1v) is 8.93. The Kier molecular flexibility index (Phi) is 3.90. The van der Waals surface area contributed by atoms with Crippen molar-refractivity contribution in [1.82, 2.24) is 10.1 Å². The average Bonchev–Trinajstić information content (AvgIpc) is 3.04. The summed E-state index contributed by atoms with van der Waals surface area (Å²) >= 11 is 0. The zero-order valence-electron chi connectivity index (χ0n) is 15.2. The minimum atomic E-state index is -0.0582. The van der Waals surface area contributed by atoms with E-state index in [4.69, 9.17) is 10.3 Å². The second-order valence-corrected chi connectivity index (χ2v) is 7.12. The summed E-state index contributed by atoms with van der Waals surface area (Å²) in [7, 11) is 0. The molecule has 1 aromatic carbocycles. The third-order valence-electron chi connectivity index (χ3n) is 4.91. The van der Waals surface area contributed by atoms with Crippen LogP contribution >= 0.6 is 0 Å². The number of anilines is 2. The maximum atomic E-state index is 13.5. The lowest BCUT2D eigenvalue weighted by atomic mass is 9.97. The summed E-state index contributed by atoms with van der Waals surface area (Å²) in [5.41, 5.74) is 11.3. The van der Waals surface area contributed by atoms with Crippen molar-refractivity contribution in [2.24, 2.45) is 0 Å². The van der Waals surface area contributed by atoms with Gasteiger partial charge in [0.1, 0.15) is 0 Å². The second kappa shape index (κ2) is 6.12. The van der Waals surface area contributed by atoms with Crippen LogP contribution in [-0.4, -0.2) is 22.6 Å². The highest BCUT2D eigenvalue weighted by Crippen LogP contribution is 2.34. The van der Waals surface area contributed by atoms with E-state index >= 15 is 0 Å². The number of nitrogen functional groups attached to an aromatic ring is 1. The predicted octanol–water partition coefficient (Wildman–Crippen LogP) is 3.83. The van der Waals surface area contributed by atoms with Crippen LogP contribution < -0.4 is 10.6 Å². The molecule has 3 heterocycles. The van der Waals surface area contributed by atoms with Crippen LogP contribution in [0.2, 0.25) is 0 Å². The lowest BCUT2D eigenvalue weighted by Gasteiger charge is -2.30. The lowest BCUT2D eigenvalue weighted by Crippen LogP contribution is -2.36. The van der Waals surface area contributed by atoms with Gasteiger partial charge in [-0.05, 0) is 49.4 Å². The molecule has 1 amide bonds. The average molecular weight is 350 g/mol. The summed E-state index contributed by atoms with van der Waals surface area (Å²) in [6.45, 7) is 6.58. The van der Waals surface area contributed by atoms with E-state index in [0.29, 0.717) is 23.2 Å². The monoisotopic (exact) mass is 350 g/mol. The maximum Gasteiger partial charge on any atom is 0.259 e. The summed E-state index contributed by atoms with van der Waals surface area (Å²) in [6, 6.07) is 7.57. The first-order chi connectivity index (χ1) is 12.5. The topological polar surface area (TPSA) is 85.2 Å². The van der Waals surface area contributed by atoms with Gasteiger partial charge in [0.25, 0.3) is 11.6 Å². The first kappa shape index (κ1) is 16.6. The van der Waals surface area contributed by atoms with Gasteiger partial charge in [-0.1, -0.05) is 25.1 Å². The van der Waals surface area contributed by atoms with E-state index in [1.165, 1.54) is 0 Å². The summed E-state index contributed by atoms with van der Waals surface area (Å²) < 4.78 is 5.41. The van der Waals surface area contributed by atoms with E-state index in [1.807, 2.05) is 49.9 Å². The van der Waals surface area contributed by atoms with Crippen molar-refractivity contribution in [2.75, 3.05) is 17.2 Å². The minimum Gasteiger partial charge on any atom is -0.398 e. The maximum absolute atomic E-state index is 13.5.